The minimum Gasteiger partial charge on any atom is -0.338 e. The summed E-state index contributed by atoms with van der Waals surface area (Å²) in [7, 11) is 0. The van der Waals surface area contributed by atoms with Crippen LogP contribution in [0.4, 0.5) is 0 Å². The molecule has 1 heterocycles. The number of rotatable bonds is 1. The molecule has 0 amide bonds. The lowest BCUT2D eigenvalue weighted by molar-refractivity contribution is 1.31. The number of halogens is 1. The maximum atomic E-state index is 4.70. The van der Waals surface area contributed by atoms with E-state index in [-0.39, 0.29) is 0 Å². The predicted molar refractivity (Wildman–Crippen MR) is 83.4 cm³/mol. The van der Waals surface area contributed by atoms with Crippen LogP contribution in [0.3, 0.4) is 0 Å². The van der Waals surface area contributed by atoms with Crippen LogP contribution >= 0.6 is 15.9 Å². The molecular weight excluding hydrogens is 300 g/mol. The van der Waals surface area contributed by atoms with Gasteiger partial charge in [0.1, 0.15) is 5.82 Å². The van der Waals surface area contributed by atoms with Gasteiger partial charge in [-0.05, 0) is 65.5 Å². The standard InChI is InChI=1S/C16H15BrN2/c1-9-5-4-6-12(15(9)17)16-18-13-7-10(2)11(3)8-14(13)19-16/h4-8H,1-3H3,(H,18,19). The number of fused-ring (bicyclic) bond motifs is 1. The van der Waals surface area contributed by atoms with Crippen molar-refractivity contribution in [3.8, 4) is 11.4 Å². The third-order valence-corrected chi connectivity index (χ3v) is 4.60. The van der Waals surface area contributed by atoms with Crippen LogP contribution in [0.2, 0.25) is 0 Å². The van der Waals surface area contributed by atoms with Gasteiger partial charge in [-0.3, -0.25) is 0 Å². The number of nitrogens with one attached hydrogen (secondary N) is 1. The molecule has 0 unspecified atom stereocenters. The number of hydrogen-bond acceptors (Lipinski definition) is 1. The van der Waals surface area contributed by atoms with E-state index in [2.05, 4.69) is 72.0 Å². The Balaban J connectivity index is 2.23. The summed E-state index contributed by atoms with van der Waals surface area (Å²) in [6, 6.07) is 10.5. The first-order chi connectivity index (χ1) is 9.06. The van der Waals surface area contributed by atoms with Gasteiger partial charge in [0, 0.05) is 10.0 Å². The van der Waals surface area contributed by atoms with E-state index in [1.54, 1.807) is 0 Å². The van der Waals surface area contributed by atoms with Crippen molar-refractivity contribution < 1.29 is 0 Å². The van der Waals surface area contributed by atoms with Gasteiger partial charge in [-0.1, -0.05) is 18.2 Å². The van der Waals surface area contributed by atoms with Crippen molar-refractivity contribution in [1.29, 1.82) is 0 Å². The second kappa shape index (κ2) is 4.49. The van der Waals surface area contributed by atoms with E-state index in [1.807, 2.05) is 0 Å². The highest BCUT2D eigenvalue weighted by Crippen LogP contribution is 2.30. The Labute approximate surface area is 121 Å². The molecule has 0 bridgehead atoms. The van der Waals surface area contributed by atoms with Crippen molar-refractivity contribution in [2.24, 2.45) is 0 Å². The fourth-order valence-electron chi connectivity index (χ4n) is 2.23. The molecule has 0 spiro atoms. The fourth-order valence-corrected chi connectivity index (χ4v) is 2.68. The molecule has 0 saturated heterocycles. The molecule has 3 aromatic rings. The largest absolute Gasteiger partial charge is 0.338 e. The summed E-state index contributed by atoms with van der Waals surface area (Å²) in [6.45, 7) is 6.33. The second-order valence-electron chi connectivity index (χ2n) is 4.98. The topological polar surface area (TPSA) is 28.7 Å². The summed E-state index contributed by atoms with van der Waals surface area (Å²) in [5, 5.41) is 0. The van der Waals surface area contributed by atoms with Gasteiger partial charge in [0.2, 0.25) is 0 Å². The van der Waals surface area contributed by atoms with Crippen LogP contribution in [0.25, 0.3) is 22.4 Å². The van der Waals surface area contributed by atoms with Gasteiger partial charge in [0.05, 0.1) is 11.0 Å². The fraction of sp³-hybridized carbons (Fsp3) is 0.188. The average molecular weight is 315 g/mol. The number of aromatic amines is 1. The molecule has 3 heteroatoms. The molecule has 19 heavy (non-hydrogen) atoms. The van der Waals surface area contributed by atoms with Gasteiger partial charge in [0.25, 0.3) is 0 Å². The Kier molecular flexibility index (Phi) is 2.94. The van der Waals surface area contributed by atoms with E-state index in [0.29, 0.717) is 0 Å². The van der Waals surface area contributed by atoms with E-state index in [1.165, 1.54) is 16.7 Å². The summed E-state index contributed by atoms with van der Waals surface area (Å²) < 4.78 is 1.10. The third-order valence-electron chi connectivity index (χ3n) is 3.54. The van der Waals surface area contributed by atoms with Gasteiger partial charge < -0.3 is 4.98 Å². The minimum atomic E-state index is 0.913. The summed E-state index contributed by atoms with van der Waals surface area (Å²) in [5.74, 6) is 0.913. The smallest absolute Gasteiger partial charge is 0.139 e. The van der Waals surface area contributed by atoms with Crippen LogP contribution in [-0.2, 0) is 0 Å². The van der Waals surface area contributed by atoms with Crippen molar-refractivity contribution in [2.45, 2.75) is 20.8 Å². The third kappa shape index (κ3) is 2.08. The van der Waals surface area contributed by atoms with E-state index in [0.717, 1.165) is 26.9 Å². The number of H-pyrrole nitrogens is 1. The number of aryl methyl sites for hydroxylation is 3. The summed E-state index contributed by atoms with van der Waals surface area (Å²) in [6.07, 6.45) is 0. The number of benzene rings is 2. The first kappa shape index (κ1) is 12.4. The molecule has 0 aliphatic carbocycles. The van der Waals surface area contributed by atoms with Crippen molar-refractivity contribution in [1.82, 2.24) is 9.97 Å². The van der Waals surface area contributed by atoms with Gasteiger partial charge in [-0.15, -0.1) is 0 Å². The van der Waals surface area contributed by atoms with Crippen LogP contribution in [0.1, 0.15) is 16.7 Å². The van der Waals surface area contributed by atoms with E-state index in [4.69, 9.17) is 4.98 Å². The maximum Gasteiger partial charge on any atom is 0.139 e. The van der Waals surface area contributed by atoms with E-state index >= 15 is 0 Å². The molecule has 0 radical (unpaired) electrons. The van der Waals surface area contributed by atoms with Gasteiger partial charge in [-0.25, -0.2) is 4.98 Å². The molecule has 2 nitrogen and oxygen atoms in total. The second-order valence-corrected chi connectivity index (χ2v) is 5.77. The summed E-state index contributed by atoms with van der Waals surface area (Å²) in [5.41, 5.74) is 6.98. The quantitative estimate of drug-likeness (QED) is 0.678. The molecular formula is C16H15BrN2. The van der Waals surface area contributed by atoms with Crippen molar-refractivity contribution in [3.63, 3.8) is 0 Å². The highest BCUT2D eigenvalue weighted by molar-refractivity contribution is 9.10. The zero-order valence-electron chi connectivity index (χ0n) is 11.2. The number of imidazole rings is 1. The molecule has 0 aliphatic heterocycles. The summed E-state index contributed by atoms with van der Waals surface area (Å²) >= 11 is 3.64. The lowest BCUT2D eigenvalue weighted by Crippen LogP contribution is -1.84. The Morgan fingerprint density at radius 2 is 1.74 bits per heavy atom. The molecule has 0 fully saturated rings. The van der Waals surface area contributed by atoms with Crippen LogP contribution in [0.5, 0.6) is 0 Å². The molecule has 3 rings (SSSR count). The number of nitrogens with zero attached hydrogens (tertiary/aromatic N) is 1. The summed E-state index contributed by atoms with van der Waals surface area (Å²) in [4.78, 5) is 8.11. The van der Waals surface area contributed by atoms with Crippen LogP contribution < -0.4 is 0 Å². The van der Waals surface area contributed by atoms with Crippen molar-refractivity contribution in [2.75, 3.05) is 0 Å². The van der Waals surface area contributed by atoms with Gasteiger partial charge >= 0.3 is 0 Å². The Morgan fingerprint density at radius 1 is 1.00 bits per heavy atom. The number of hydrogen-bond donors (Lipinski definition) is 1. The molecule has 96 valence electrons. The van der Waals surface area contributed by atoms with Crippen LogP contribution in [-0.4, -0.2) is 9.97 Å². The highest BCUT2D eigenvalue weighted by Gasteiger charge is 2.10. The first-order valence-corrected chi connectivity index (χ1v) is 7.08. The average Bonchev–Trinajstić information content (AvgIpc) is 2.76. The predicted octanol–water partition coefficient (Wildman–Crippen LogP) is 4.92. The first-order valence-electron chi connectivity index (χ1n) is 6.28. The maximum absolute atomic E-state index is 4.70. The molecule has 0 saturated carbocycles. The van der Waals surface area contributed by atoms with Crippen molar-refractivity contribution >= 4 is 27.0 Å². The SMILES string of the molecule is Cc1cc2nc(-c3cccc(C)c3Br)[nH]c2cc1C. The lowest BCUT2D eigenvalue weighted by Gasteiger charge is -2.03. The Hall–Kier alpha value is -1.61. The van der Waals surface area contributed by atoms with E-state index in [9.17, 15) is 0 Å². The Bertz CT molecular complexity index is 733. The zero-order valence-corrected chi connectivity index (χ0v) is 12.8. The van der Waals surface area contributed by atoms with E-state index < -0.39 is 0 Å². The lowest BCUT2D eigenvalue weighted by atomic mass is 10.1. The van der Waals surface area contributed by atoms with Crippen LogP contribution in [0, 0.1) is 20.8 Å². The molecule has 1 aromatic heterocycles. The highest BCUT2D eigenvalue weighted by atomic mass is 79.9. The van der Waals surface area contributed by atoms with Crippen LogP contribution in [0.15, 0.2) is 34.8 Å². The zero-order chi connectivity index (χ0) is 13.6. The molecule has 2 aromatic carbocycles. The Morgan fingerprint density at radius 3 is 2.53 bits per heavy atom. The van der Waals surface area contributed by atoms with Gasteiger partial charge in [-0.2, -0.15) is 0 Å². The van der Waals surface area contributed by atoms with Crippen molar-refractivity contribution in [3.05, 3.63) is 51.5 Å². The monoisotopic (exact) mass is 314 g/mol. The molecule has 0 aliphatic rings. The minimum absolute atomic E-state index is 0.913. The molecule has 1 N–H and O–H groups in total. The number of aromatic nitrogens is 2. The van der Waals surface area contributed by atoms with Gasteiger partial charge in [0.15, 0.2) is 0 Å². The normalized spacial score (nSPS) is 11.2. The molecule has 0 atom stereocenters.